The zero-order chi connectivity index (χ0) is 27.7. The molecule has 0 bridgehead atoms. The summed E-state index contributed by atoms with van der Waals surface area (Å²) in [6.07, 6.45) is 1.43. The minimum Gasteiger partial charge on any atom is -0.484 e. The van der Waals surface area contributed by atoms with Crippen LogP contribution in [0, 0.1) is 25.2 Å². The fourth-order valence-corrected chi connectivity index (χ4v) is 3.97. The van der Waals surface area contributed by atoms with E-state index in [0.717, 1.165) is 5.56 Å². The number of rotatable bonds is 10. The van der Waals surface area contributed by atoms with E-state index in [1.54, 1.807) is 31.2 Å². The highest BCUT2D eigenvalue weighted by atomic mass is 79.9. The van der Waals surface area contributed by atoms with Crippen molar-refractivity contribution in [2.45, 2.75) is 27.0 Å². The minimum atomic E-state index is -0.581. The molecule has 0 unspecified atom stereocenters. The van der Waals surface area contributed by atoms with Gasteiger partial charge in [-0.15, -0.1) is 0 Å². The number of pyridine rings is 1. The number of nitrogens with zero attached hydrogens (tertiary/aromatic N) is 3. The number of nitrogens with one attached hydrogen (secondary N) is 2. The summed E-state index contributed by atoms with van der Waals surface area (Å²) in [6, 6.07) is 16.1. The molecule has 11 heteroatoms. The van der Waals surface area contributed by atoms with Crippen LogP contribution in [0.15, 0.2) is 62.9 Å². The molecule has 0 fully saturated rings. The lowest BCUT2D eigenvalue weighted by molar-refractivity contribution is -0.121. The van der Waals surface area contributed by atoms with Crippen LogP contribution in [0.25, 0.3) is 0 Å². The van der Waals surface area contributed by atoms with Gasteiger partial charge in [0.05, 0.1) is 12.8 Å². The van der Waals surface area contributed by atoms with Crippen molar-refractivity contribution in [1.82, 2.24) is 9.99 Å². The first-order valence-corrected chi connectivity index (χ1v) is 12.2. The molecule has 0 radical (unpaired) electrons. The van der Waals surface area contributed by atoms with E-state index in [-0.39, 0.29) is 31.2 Å². The number of anilines is 1. The van der Waals surface area contributed by atoms with E-state index >= 15 is 0 Å². The topological polar surface area (TPSA) is 135 Å². The molecule has 2 amide bonds. The van der Waals surface area contributed by atoms with Gasteiger partial charge < -0.3 is 19.4 Å². The van der Waals surface area contributed by atoms with Crippen LogP contribution < -0.4 is 21.0 Å². The Bertz CT molecular complexity index is 1440. The number of benzene rings is 2. The second kappa shape index (κ2) is 13.3. The molecule has 2 N–H and O–H groups in total. The van der Waals surface area contributed by atoms with Crippen LogP contribution in [0.1, 0.15) is 27.9 Å². The number of hydrogen-bond acceptors (Lipinski definition) is 7. The van der Waals surface area contributed by atoms with E-state index in [1.807, 2.05) is 37.3 Å². The van der Waals surface area contributed by atoms with Crippen LogP contribution in [0.3, 0.4) is 0 Å². The zero-order valence-electron chi connectivity index (χ0n) is 21.1. The number of ether oxygens (including phenoxy) is 2. The third kappa shape index (κ3) is 7.38. The van der Waals surface area contributed by atoms with Gasteiger partial charge in [-0.1, -0.05) is 17.7 Å². The Morgan fingerprint density at radius 3 is 2.42 bits per heavy atom. The molecule has 1 aromatic heterocycles. The third-order valence-corrected chi connectivity index (χ3v) is 6.49. The number of nitriles is 1. The molecule has 3 rings (SSSR count). The smallest absolute Gasteiger partial charge is 0.269 e. The maximum absolute atomic E-state index is 12.7. The lowest BCUT2D eigenvalue weighted by atomic mass is 10.1. The number of aryl methyl sites for hydroxylation is 1. The molecule has 0 atom stereocenters. The van der Waals surface area contributed by atoms with Gasteiger partial charge in [0, 0.05) is 28.5 Å². The Morgan fingerprint density at radius 1 is 1.11 bits per heavy atom. The van der Waals surface area contributed by atoms with Gasteiger partial charge in [-0.2, -0.15) is 10.4 Å². The van der Waals surface area contributed by atoms with Gasteiger partial charge in [-0.05, 0) is 71.7 Å². The molecule has 0 aliphatic rings. The number of carbonyl (C=O) groups is 2. The Balaban J connectivity index is 1.54. The first-order valence-electron chi connectivity index (χ1n) is 11.5. The Hall–Kier alpha value is -4.27. The van der Waals surface area contributed by atoms with Gasteiger partial charge in [0.25, 0.3) is 17.4 Å². The van der Waals surface area contributed by atoms with Crippen molar-refractivity contribution in [2.75, 3.05) is 19.0 Å². The summed E-state index contributed by atoms with van der Waals surface area (Å²) in [4.78, 5) is 37.2. The van der Waals surface area contributed by atoms with Crippen molar-refractivity contribution in [3.05, 3.63) is 91.3 Å². The largest absolute Gasteiger partial charge is 0.484 e. The Morgan fingerprint density at radius 2 is 1.79 bits per heavy atom. The molecule has 196 valence electrons. The molecular formula is C27H26BrN5O5. The number of halogens is 1. The maximum Gasteiger partial charge on any atom is 0.269 e. The number of amides is 2. The zero-order valence-corrected chi connectivity index (χ0v) is 22.7. The molecular weight excluding hydrogens is 554 g/mol. The normalized spacial score (nSPS) is 10.7. The molecule has 0 aliphatic carbocycles. The molecule has 10 nitrogen and oxygen atoms in total. The van der Waals surface area contributed by atoms with Crippen LogP contribution in [0.4, 0.5) is 5.69 Å². The molecule has 0 aliphatic heterocycles. The van der Waals surface area contributed by atoms with Crippen LogP contribution in [-0.4, -0.2) is 36.3 Å². The third-order valence-electron chi connectivity index (χ3n) is 5.44. The van der Waals surface area contributed by atoms with E-state index < -0.39 is 11.5 Å². The van der Waals surface area contributed by atoms with Gasteiger partial charge in [-0.25, -0.2) is 5.43 Å². The van der Waals surface area contributed by atoms with Crippen molar-refractivity contribution in [3.63, 3.8) is 0 Å². The molecule has 3 aromatic rings. The van der Waals surface area contributed by atoms with Gasteiger partial charge >= 0.3 is 0 Å². The lowest BCUT2D eigenvalue weighted by Crippen LogP contribution is -2.33. The summed E-state index contributed by atoms with van der Waals surface area (Å²) in [7, 11) is 1.46. The highest BCUT2D eigenvalue weighted by Gasteiger charge is 2.19. The predicted molar refractivity (Wildman–Crippen MR) is 146 cm³/mol. The van der Waals surface area contributed by atoms with Crippen molar-refractivity contribution in [2.24, 2.45) is 5.10 Å². The maximum atomic E-state index is 12.7. The highest BCUT2D eigenvalue weighted by Crippen LogP contribution is 2.23. The number of aromatic nitrogens is 1. The summed E-state index contributed by atoms with van der Waals surface area (Å²) >= 11 is 3.39. The number of methoxy groups -OCH3 is 1. The van der Waals surface area contributed by atoms with Crippen molar-refractivity contribution >= 4 is 39.6 Å². The summed E-state index contributed by atoms with van der Waals surface area (Å²) in [5, 5.41) is 16.1. The summed E-state index contributed by atoms with van der Waals surface area (Å²) in [5.41, 5.74) is 5.10. The van der Waals surface area contributed by atoms with Gasteiger partial charge in [0.15, 0.2) is 6.61 Å². The monoisotopic (exact) mass is 579 g/mol. The molecule has 0 saturated heterocycles. The van der Waals surface area contributed by atoms with Gasteiger partial charge in [0.2, 0.25) is 0 Å². The van der Waals surface area contributed by atoms with Crippen molar-refractivity contribution < 1.29 is 19.1 Å². The molecule has 38 heavy (non-hydrogen) atoms. The van der Waals surface area contributed by atoms with E-state index in [9.17, 15) is 19.6 Å². The minimum absolute atomic E-state index is 0.0847. The van der Waals surface area contributed by atoms with Crippen LogP contribution in [-0.2, 0) is 27.5 Å². The highest BCUT2D eigenvalue weighted by molar-refractivity contribution is 9.10. The van der Waals surface area contributed by atoms with Crippen LogP contribution in [0.5, 0.6) is 5.75 Å². The number of hydrogen-bond donors (Lipinski definition) is 2. The second-order valence-corrected chi connectivity index (χ2v) is 9.05. The Kier molecular flexibility index (Phi) is 9.92. The average molecular weight is 580 g/mol. The Labute approximate surface area is 228 Å². The van der Waals surface area contributed by atoms with Crippen LogP contribution >= 0.6 is 15.9 Å². The molecule has 0 saturated carbocycles. The fraction of sp³-hybridized carbons (Fsp3) is 0.222. The van der Waals surface area contributed by atoms with Gasteiger partial charge in [0.1, 0.15) is 23.9 Å². The van der Waals surface area contributed by atoms with E-state index in [4.69, 9.17) is 9.47 Å². The summed E-state index contributed by atoms with van der Waals surface area (Å²) in [5.74, 6) is -0.323. The number of carbonyl (C=O) groups excluding carboxylic acids is 2. The number of hydrazone groups is 1. The molecule has 2 aromatic carbocycles. The first kappa shape index (κ1) is 28.3. The molecule has 0 spiro atoms. The lowest BCUT2D eigenvalue weighted by Gasteiger charge is -2.15. The van der Waals surface area contributed by atoms with Crippen LogP contribution in [0.2, 0.25) is 0 Å². The van der Waals surface area contributed by atoms with Gasteiger partial charge in [-0.3, -0.25) is 14.4 Å². The SMILES string of the molecule is COCc1c(Br)c(C)n(CC(=O)N/N=C/c2ccc(OCC(=O)Nc3ccc(C)cc3)cc2)c(=O)c1C#N. The average Bonchev–Trinajstić information content (AvgIpc) is 2.91. The van der Waals surface area contributed by atoms with Crippen molar-refractivity contribution in [1.29, 1.82) is 5.26 Å². The van der Waals surface area contributed by atoms with E-state index in [1.165, 1.54) is 17.9 Å². The standard InChI is InChI=1S/C27H26BrN5O5/c1-17-4-8-20(9-5-17)31-25(35)16-38-21-10-6-19(7-11-21)13-30-32-24(34)14-33-18(2)26(28)23(15-37-3)22(12-29)27(33)36/h4-11,13H,14-16H2,1-3H3,(H,31,35)(H,32,34)/b30-13+. The summed E-state index contributed by atoms with van der Waals surface area (Å²) < 4.78 is 12.3. The quantitative estimate of drug-likeness (QED) is 0.279. The predicted octanol–water partition coefficient (Wildman–Crippen LogP) is 3.41. The molecule has 1 heterocycles. The fourth-order valence-electron chi connectivity index (χ4n) is 3.44. The van der Waals surface area contributed by atoms with E-state index in [0.29, 0.717) is 32.7 Å². The second-order valence-electron chi connectivity index (χ2n) is 8.25. The van der Waals surface area contributed by atoms with E-state index in [2.05, 4.69) is 31.8 Å². The van der Waals surface area contributed by atoms with Crippen molar-refractivity contribution in [3.8, 4) is 11.8 Å². The first-order chi connectivity index (χ1) is 18.2. The summed E-state index contributed by atoms with van der Waals surface area (Å²) in [6.45, 7) is 3.25.